The first kappa shape index (κ1) is 13.3. The van der Waals surface area contributed by atoms with E-state index in [4.69, 9.17) is 5.11 Å². The molecule has 0 radical (unpaired) electrons. The zero-order valence-corrected chi connectivity index (χ0v) is 10.8. The first-order chi connectivity index (χ1) is 8.39. The summed E-state index contributed by atoms with van der Waals surface area (Å²) in [5.41, 5.74) is 0. The van der Waals surface area contributed by atoms with Crippen LogP contribution in [0.3, 0.4) is 0 Å². The van der Waals surface area contributed by atoms with Crippen LogP contribution in [-0.4, -0.2) is 41.9 Å². The summed E-state index contributed by atoms with van der Waals surface area (Å²) in [6.45, 7) is 0. The molecule has 1 amide bonds. The van der Waals surface area contributed by atoms with Crippen LogP contribution in [0.2, 0.25) is 0 Å². The number of sulfone groups is 1. The molecule has 0 aliphatic carbocycles. The number of carboxylic acids is 1. The zero-order chi connectivity index (χ0) is 13.3. The Labute approximate surface area is 106 Å². The molecule has 2 rings (SSSR count). The van der Waals surface area contributed by atoms with Crippen molar-refractivity contribution >= 4 is 21.7 Å². The minimum absolute atomic E-state index is 0.0477. The number of aliphatic carboxylic acids is 1. The molecule has 2 bridgehead atoms. The highest BCUT2D eigenvalue weighted by molar-refractivity contribution is 7.93. The Morgan fingerprint density at radius 1 is 1.11 bits per heavy atom. The highest BCUT2D eigenvalue weighted by Gasteiger charge is 2.47. The molecule has 0 aromatic carbocycles. The summed E-state index contributed by atoms with van der Waals surface area (Å²) in [4.78, 5) is 21.8. The lowest BCUT2D eigenvalue weighted by Crippen LogP contribution is -2.45. The second-order valence-electron chi connectivity index (χ2n) is 5.04. The number of nitrogens with one attached hydrogen (secondary N) is 1. The molecule has 2 atom stereocenters. The van der Waals surface area contributed by atoms with Gasteiger partial charge in [0, 0.05) is 12.5 Å². The summed E-state index contributed by atoms with van der Waals surface area (Å²) in [6, 6.07) is -0.118. The van der Waals surface area contributed by atoms with Gasteiger partial charge in [-0.3, -0.25) is 9.59 Å². The minimum atomic E-state index is -2.97. The second-order valence-corrected chi connectivity index (χ2v) is 7.55. The van der Waals surface area contributed by atoms with Crippen LogP contribution in [-0.2, 0) is 19.4 Å². The first-order valence-electron chi connectivity index (χ1n) is 6.13. The molecule has 2 fully saturated rings. The van der Waals surface area contributed by atoms with Gasteiger partial charge in [0.15, 0.2) is 9.84 Å². The Morgan fingerprint density at radius 3 is 2.17 bits per heavy atom. The van der Waals surface area contributed by atoms with E-state index >= 15 is 0 Å². The van der Waals surface area contributed by atoms with Gasteiger partial charge in [0.2, 0.25) is 5.91 Å². The van der Waals surface area contributed by atoms with Crippen molar-refractivity contribution in [3.63, 3.8) is 0 Å². The van der Waals surface area contributed by atoms with Crippen LogP contribution in [0.4, 0.5) is 0 Å². The Hall–Kier alpha value is -1.11. The quantitative estimate of drug-likeness (QED) is 0.756. The van der Waals surface area contributed by atoms with Crippen molar-refractivity contribution in [1.82, 2.24) is 5.32 Å². The largest absolute Gasteiger partial charge is 0.481 e. The summed E-state index contributed by atoms with van der Waals surface area (Å²) < 4.78 is 23.7. The van der Waals surface area contributed by atoms with E-state index in [1.54, 1.807) is 0 Å². The highest BCUT2D eigenvalue weighted by Crippen LogP contribution is 2.38. The van der Waals surface area contributed by atoms with Crippen LogP contribution in [0.25, 0.3) is 0 Å². The van der Waals surface area contributed by atoms with E-state index in [1.165, 1.54) is 0 Å². The first-order valence-corrected chi connectivity index (χ1v) is 7.74. The molecule has 0 aromatic heterocycles. The molecule has 0 aromatic rings. The maximum atomic E-state index is 11.8. The fourth-order valence-electron chi connectivity index (χ4n) is 2.85. The second kappa shape index (κ2) is 4.87. The highest BCUT2D eigenvalue weighted by atomic mass is 32.2. The summed E-state index contributed by atoms with van der Waals surface area (Å²) in [7, 11) is -2.97. The van der Waals surface area contributed by atoms with Crippen LogP contribution in [0.1, 0.15) is 38.5 Å². The molecule has 7 heteroatoms. The SMILES string of the molecule is O=C(O)CCC(=O)NC1CC2CCC(C1)S2(=O)=O. The lowest BCUT2D eigenvalue weighted by molar-refractivity contribution is -0.138. The van der Waals surface area contributed by atoms with E-state index in [0.717, 1.165) is 0 Å². The predicted molar refractivity (Wildman–Crippen MR) is 63.8 cm³/mol. The Kier molecular flexibility index (Phi) is 3.61. The van der Waals surface area contributed by atoms with Crippen molar-refractivity contribution < 1.29 is 23.1 Å². The van der Waals surface area contributed by atoms with Crippen LogP contribution in [0.5, 0.6) is 0 Å². The lowest BCUT2D eigenvalue weighted by atomic mass is 10.1. The van der Waals surface area contributed by atoms with Gasteiger partial charge in [0.05, 0.1) is 16.9 Å². The Bertz CT molecular complexity index is 438. The number of hydrogen-bond acceptors (Lipinski definition) is 4. The zero-order valence-electron chi connectivity index (χ0n) is 9.96. The molecule has 2 heterocycles. The third-order valence-electron chi connectivity index (χ3n) is 3.77. The van der Waals surface area contributed by atoms with Crippen LogP contribution in [0, 0.1) is 0 Å². The van der Waals surface area contributed by atoms with Gasteiger partial charge in [-0.2, -0.15) is 0 Å². The summed E-state index contributed by atoms with van der Waals surface area (Å²) in [5.74, 6) is -1.31. The van der Waals surface area contributed by atoms with Crippen molar-refractivity contribution in [2.24, 2.45) is 0 Å². The minimum Gasteiger partial charge on any atom is -0.481 e. The number of amides is 1. The van der Waals surface area contributed by atoms with Gasteiger partial charge in [-0.15, -0.1) is 0 Å². The van der Waals surface area contributed by atoms with E-state index in [9.17, 15) is 18.0 Å². The molecule has 18 heavy (non-hydrogen) atoms. The van der Waals surface area contributed by atoms with Crippen molar-refractivity contribution in [3.05, 3.63) is 0 Å². The standard InChI is InChI=1S/C11H17NO5S/c13-10(3-4-11(14)15)12-7-5-8-1-2-9(6-7)18(8,16)17/h7-9H,1-6H2,(H,12,13)(H,14,15). The summed E-state index contributed by atoms with van der Waals surface area (Å²) in [6.07, 6.45) is 2.08. The fourth-order valence-corrected chi connectivity index (χ4v) is 5.32. The van der Waals surface area contributed by atoms with Crippen LogP contribution >= 0.6 is 0 Å². The third-order valence-corrected chi connectivity index (χ3v) is 6.48. The molecule has 6 nitrogen and oxygen atoms in total. The summed E-state index contributed by atoms with van der Waals surface area (Å²) >= 11 is 0. The van der Waals surface area contributed by atoms with Crippen LogP contribution in [0.15, 0.2) is 0 Å². The van der Waals surface area contributed by atoms with Crippen molar-refractivity contribution in [3.8, 4) is 0 Å². The van der Waals surface area contributed by atoms with Crippen molar-refractivity contribution in [2.45, 2.75) is 55.1 Å². The maximum Gasteiger partial charge on any atom is 0.303 e. The predicted octanol–water partition coefficient (Wildman–Crippen LogP) is 0.0756. The van der Waals surface area contributed by atoms with Gasteiger partial charge in [-0.1, -0.05) is 0 Å². The average Bonchev–Trinajstić information content (AvgIpc) is 2.49. The van der Waals surface area contributed by atoms with Gasteiger partial charge >= 0.3 is 5.97 Å². The molecular formula is C11H17NO5S. The number of rotatable bonds is 4. The van der Waals surface area contributed by atoms with Gasteiger partial charge in [0.25, 0.3) is 0 Å². The number of hydrogen-bond donors (Lipinski definition) is 2. The van der Waals surface area contributed by atoms with Gasteiger partial charge in [0.1, 0.15) is 0 Å². The van der Waals surface area contributed by atoms with Gasteiger partial charge < -0.3 is 10.4 Å². The molecule has 2 saturated heterocycles. The normalized spacial score (nSPS) is 33.0. The number of carbonyl (C=O) groups excluding carboxylic acids is 1. The number of carboxylic acid groups (broad SMARTS) is 1. The molecule has 2 unspecified atom stereocenters. The Morgan fingerprint density at radius 2 is 1.67 bits per heavy atom. The van der Waals surface area contributed by atoms with E-state index in [2.05, 4.69) is 5.32 Å². The van der Waals surface area contributed by atoms with E-state index < -0.39 is 15.8 Å². The van der Waals surface area contributed by atoms with Crippen molar-refractivity contribution in [1.29, 1.82) is 0 Å². The van der Waals surface area contributed by atoms with Crippen LogP contribution < -0.4 is 5.32 Å². The molecule has 0 spiro atoms. The number of fused-ring (bicyclic) bond motifs is 2. The van der Waals surface area contributed by atoms with Crippen molar-refractivity contribution in [2.75, 3.05) is 0 Å². The maximum absolute atomic E-state index is 11.8. The summed E-state index contributed by atoms with van der Waals surface area (Å²) in [5, 5.41) is 10.6. The molecule has 2 aliphatic rings. The molecular weight excluding hydrogens is 258 g/mol. The van der Waals surface area contributed by atoms with E-state index in [1.807, 2.05) is 0 Å². The topological polar surface area (TPSA) is 101 Å². The van der Waals surface area contributed by atoms with Gasteiger partial charge in [-0.25, -0.2) is 8.42 Å². The smallest absolute Gasteiger partial charge is 0.303 e. The molecule has 0 saturated carbocycles. The van der Waals surface area contributed by atoms with E-state index in [0.29, 0.717) is 25.7 Å². The number of carbonyl (C=O) groups is 2. The molecule has 2 N–H and O–H groups in total. The van der Waals surface area contributed by atoms with E-state index in [-0.39, 0.29) is 35.3 Å². The molecule has 2 aliphatic heterocycles. The van der Waals surface area contributed by atoms with Gasteiger partial charge in [-0.05, 0) is 25.7 Å². The lowest BCUT2D eigenvalue weighted by Gasteiger charge is -2.28. The monoisotopic (exact) mass is 275 g/mol. The fraction of sp³-hybridized carbons (Fsp3) is 0.818. The average molecular weight is 275 g/mol. The molecule has 102 valence electrons. The Balaban J connectivity index is 1.87. The third kappa shape index (κ3) is 2.66.